The highest BCUT2D eigenvalue weighted by Crippen LogP contribution is 2.44. The standard InChI is InChI=1S/C32H28ClFN2O5/c1-39-31-23(11-7-13-27(31)40-19-20-8-3-2-4-9-20)30-24-16-22(33)14-15-26(24)36-32(38)28(41-30)17-29(37)35-18-21-10-5-6-12-25(21)34/h2-16,28,30H,17-19H2,1H3,(H,35,37)(H,36,38)/t28-,30-/m1/s1. The number of amides is 2. The fraction of sp³-hybridized carbons (Fsp3) is 0.188. The molecule has 0 unspecified atom stereocenters. The van der Waals surface area contributed by atoms with E-state index >= 15 is 0 Å². The summed E-state index contributed by atoms with van der Waals surface area (Å²) in [4.78, 5) is 26.1. The Bertz CT molecular complexity index is 1550. The Morgan fingerprint density at radius 1 is 1.00 bits per heavy atom. The zero-order valence-corrected chi connectivity index (χ0v) is 23.0. The van der Waals surface area contributed by atoms with Crippen molar-refractivity contribution >= 4 is 29.1 Å². The van der Waals surface area contributed by atoms with Crippen molar-refractivity contribution in [3.05, 3.63) is 124 Å². The van der Waals surface area contributed by atoms with Crippen LogP contribution in [0.2, 0.25) is 5.02 Å². The highest BCUT2D eigenvalue weighted by atomic mass is 35.5. The molecule has 0 saturated heterocycles. The Kier molecular flexibility index (Phi) is 8.82. The van der Waals surface area contributed by atoms with Gasteiger partial charge >= 0.3 is 0 Å². The molecule has 5 rings (SSSR count). The lowest BCUT2D eigenvalue weighted by molar-refractivity contribution is -0.136. The average molecular weight is 575 g/mol. The van der Waals surface area contributed by atoms with Crippen LogP contribution in [-0.4, -0.2) is 25.0 Å². The molecule has 0 aliphatic carbocycles. The molecule has 1 aliphatic rings. The number of methoxy groups -OCH3 is 1. The topological polar surface area (TPSA) is 85.9 Å². The first kappa shape index (κ1) is 28.1. The molecule has 210 valence electrons. The molecule has 41 heavy (non-hydrogen) atoms. The van der Waals surface area contributed by atoms with Crippen LogP contribution < -0.4 is 20.1 Å². The Hall–Kier alpha value is -4.40. The fourth-order valence-corrected chi connectivity index (χ4v) is 4.82. The van der Waals surface area contributed by atoms with Crippen LogP contribution in [0, 0.1) is 5.82 Å². The minimum atomic E-state index is -1.16. The number of nitrogens with one attached hydrogen (secondary N) is 2. The van der Waals surface area contributed by atoms with Gasteiger partial charge in [-0.05, 0) is 35.9 Å². The number of para-hydroxylation sites is 1. The molecule has 0 saturated carbocycles. The van der Waals surface area contributed by atoms with E-state index in [9.17, 15) is 14.0 Å². The molecule has 4 aromatic rings. The van der Waals surface area contributed by atoms with Gasteiger partial charge in [-0.15, -0.1) is 0 Å². The van der Waals surface area contributed by atoms with Crippen molar-refractivity contribution in [3.8, 4) is 11.5 Å². The highest BCUT2D eigenvalue weighted by molar-refractivity contribution is 6.30. The second-order valence-corrected chi connectivity index (χ2v) is 9.89. The smallest absolute Gasteiger partial charge is 0.254 e. The maximum absolute atomic E-state index is 14.0. The third-order valence-electron chi connectivity index (χ3n) is 6.68. The lowest BCUT2D eigenvalue weighted by atomic mass is 9.98. The maximum atomic E-state index is 14.0. The van der Waals surface area contributed by atoms with Gasteiger partial charge in [0.05, 0.1) is 13.5 Å². The summed E-state index contributed by atoms with van der Waals surface area (Å²) < 4.78 is 32.3. The summed E-state index contributed by atoms with van der Waals surface area (Å²) in [5.74, 6) is -0.471. The molecule has 2 atom stereocenters. The Labute approximate surface area is 242 Å². The van der Waals surface area contributed by atoms with E-state index in [1.165, 1.54) is 13.2 Å². The van der Waals surface area contributed by atoms with Gasteiger partial charge in [-0.1, -0.05) is 72.3 Å². The van der Waals surface area contributed by atoms with E-state index < -0.39 is 29.8 Å². The van der Waals surface area contributed by atoms with Gasteiger partial charge in [0.15, 0.2) is 11.5 Å². The van der Waals surface area contributed by atoms with Crippen molar-refractivity contribution in [1.29, 1.82) is 0 Å². The van der Waals surface area contributed by atoms with E-state index in [0.29, 0.717) is 45.5 Å². The van der Waals surface area contributed by atoms with Crippen molar-refractivity contribution < 1.29 is 28.2 Å². The molecule has 1 heterocycles. The first-order chi connectivity index (χ1) is 19.9. The molecule has 7 nitrogen and oxygen atoms in total. The predicted octanol–water partition coefficient (Wildman–Crippen LogP) is 6.20. The van der Waals surface area contributed by atoms with E-state index in [0.717, 1.165) is 5.56 Å². The minimum absolute atomic E-state index is 0.0201. The molecule has 1 aliphatic heterocycles. The van der Waals surface area contributed by atoms with E-state index in [1.54, 1.807) is 42.5 Å². The van der Waals surface area contributed by atoms with Crippen LogP contribution in [0.5, 0.6) is 11.5 Å². The lowest BCUT2D eigenvalue weighted by Gasteiger charge is -2.24. The van der Waals surface area contributed by atoms with Crippen LogP contribution in [0.25, 0.3) is 0 Å². The van der Waals surface area contributed by atoms with Crippen molar-refractivity contribution in [2.75, 3.05) is 12.4 Å². The Morgan fingerprint density at radius 2 is 1.78 bits per heavy atom. The quantitative estimate of drug-likeness (QED) is 0.249. The molecule has 4 aromatic carbocycles. The van der Waals surface area contributed by atoms with E-state index in [1.807, 2.05) is 42.5 Å². The van der Waals surface area contributed by atoms with Gasteiger partial charge in [0, 0.05) is 33.9 Å². The van der Waals surface area contributed by atoms with Gasteiger partial charge in [-0.25, -0.2) is 4.39 Å². The summed E-state index contributed by atoms with van der Waals surface area (Å²) >= 11 is 6.36. The summed E-state index contributed by atoms with van der Waals surface area (Å²) in [6, 6.07) is 26.4. The van der Waals surface area contributed by atoms with Crippen LogP contribution >= 0.6 is 11.6 Å². The Morgan fingerprint density at radius 3 is 2.56 bits per heavy atom. The van der Waals surface area contributed by atoms with Crippen LogP contribution in [0.15, 0.2) is 91.0 Å². The summed E-state index contributed by atoms with van der Waals surface area (Å²) in [7, 11) is 1.53. The van der Waals surface area contributed by atoms with Crippen molar-refractivity contribution in [2.45, 2.75) is 31.8 Å². The van der Waals surface area contributed by atoms with Gasteiger partial charge in [-0.3, -0.25) is 9.59 Å². The molecule has 0 spiro atoms. The maximum Gasteiger partial charge on any atom is 0.254 e. The third kappa shape index (κ3) is 6.67. The predicted molar refractivity (Wildman–Crippen MR) is 153 cm³/mol. The number of ether oxygens (including phenoxy) is 3. The third-order valence-corrected chi connectivity index (χ3v) is 6.92. The number of anilines is 1. The monoisotopic (exact) mass is 574 g/mol. The summed E-state index contributed by atoms with van der Waals surface area (Å²) in [6.07, 6.45) is -2.28. The largest absolute Gasteiger partial charge is 0.492 e. The molecule has 9 heteroatoms. The first-order valence-corrected chi connectivity index (χ1v) is 13.4. The molecule has 2 amide bonds. The van der Waals surface area contributed by atoms with Crippen LogP contribution in [0.4, 0.5) is 10.1 Å². The number of halogens is 2. The first-order valence-electron chi connectivity index (χ1n) is 13.0. The minimum Gasteiger partial charge on any atom is -0.492 e. The van der Waals surface area contributed by atoms with Gasteiger partial charge in [0.1, 0.15) is 24.6 Å². The fourth-order valence-electron chi connectivity index (χ4n) is 4.64. The molecular formula is C32H28ClFN2O5. The van der Waals surface area contributed by atoms with Crippen molar-refractivity contribution in [3.63, 3.8) is 0 Å². The number of benzene rings is 4. The molecular weight excluding hydrogens is 547 g/mol. The summed E-state index contributed by atoms with van der Waals surface area (Å²) in [5.41, 5.74) is 3.01. The number of fused-ring (bicyclic) bond motifs is 1. The van der Waals surface area contributed by atoms with Crippen LogP contribution in [-0.2, 0) is 27.5 Å². The molecule has 0 aromatic heterocycles. The van der Waals surface area contributed by atoms with Gasteiger partial charge < -0.3 is 24.8 Å². The van der Waals surface area contributed by atoms with Crippen LogP contribution in [0.3, 0.4) is 0 Å². The molecule has 0 bridgehead atoms. The molecule has 2 N–H and O–H groups in total. The van der Waals surface area contributed by atoms with E-state index in [4.69, 9.17) is 25.8 Å². The molecule has 0 radical (unpaired) electrons. The summed E-state index contributed by atoms with van der Waals surface area (Å²) in [6.45, 7) is 0.299. The van der Waals surface area contributed by atoms with Crippen molar-refractivity contribution in [2.24, 2.45) is 0 Å². The highest BCUT2D eigenvalue weighted by Gasteiger charge is 2.35. The van der Waals surface area contributed by atoms with Crippen molar-refractivity contribution in [1.82, 2.24) is 5.32 Å². The van der Waals surface area contributed by atoms with E-state index in [2.05, 4.69) is 10.6 Å². The number of hydrogen-bond acceptors (Lipinski definition) is 5. The zero-order valence-electron chi connectivity index (χ0n) is 22.2. The number of carbonyl (C=O) groups excluding carboxylic acids is 2. The van der Waals surface area contributed by atoms with E-state index in [-0.39, 0.29) is 13.0 Å². The SMILES string of the molecule is COc1c(OCc2ccccc2)cccc1[C@H]1O[C@H](CC(=O)NCc2ccccc2F)C(=O)Nc2ccc(Cl)cc21. The normalized spacial score (nSPS) is 16.2. The lowest BCUT2D eigenvalue weighted by Crippen LogP contribution is -2.35. The zero-order chi connectivity index (χ0) is 28.8. The second-order valence-electron chi connectivity index (χ2n) is 9.45. The van der Waals surface area contributed by atoms with Gasteiger partial charge in [-0.2, -0.15) is 0 Å². The van der Waals surface area contributed by atoms with Crippen LogP contribution in [0.1, 0.15) is 34.8 Å². The average Bonchev–Trinajstić information content (AvgIpc) is 3.11. The number of hydrogen-bond donors (Lipinski definition) is 2. The number of rotatable bonds is 9. The van der Waals surface area contributed by atoms with Gasteiger partial charge in [0.25, 0.3) is 5.91 Å². The molecule has 0 fully saturated rings. The van der Waals surface area contributed by atoms with Gasteiger partial charge in [0.2, 0.25) is 5.91 Å². The summed E-state index contributed by atoms with van der Waals surface area (Å²) in [5, 5.41) is 5.97. The Balaban J connectivity index is 1.43. The second kappa shape index (κ2) is 12.8. The number of carbonyl (C=O) groups is 2.